The molecule has 9 heteroatoms. The van der Waals surface area contributed by atoms with Crippen LogP contribution in [0.4, 0.5) is 0 Å². The van der Waals surface area contributed by atoms with Crippen molar-refractivity contribution in [2.24, 2.45) is 0 Å². The number of nitrogens with zero attached hydrogens (tertiary/aromatic N) is 1. The van der Waals surface area contributed by atoms with Crippen LogP contribution in [0.3, 0.4) is 0 Å². The quantitative estimate of drug-likeness (QED) is 0.0195. The van der Waals surface area contributed by atoms with Crippen molar-refractivity contribution in [1.29, 1.82) is 0 Å². The fourth-order valence-electron chi connectivity index (χ4n) is 6.58. The molecular formula is C64H99NO8. The smallest absolute Gasteiger partial charge is 0.306 e. The van der Waals surface area contributed by atoms with Gasteiger partial charge in [-0.2, -0.15) is 0 Å². The van der Waals surface area contributed by atoms with Gasteiger partial charge in [-0.3, -0.25) is 9.59 Å². The Labute approximate surface area is 444 Å². The largest absolute Gasteiger partial charge is 0.545 e. The summed E-state index contributed by atoms with van der Waals surface area (Å²) in [5.41, 5.74) is 0. The highest BCUT2D eigenvalue weighted by atomic mass is 16.7. The van der Waals surface area contributed by atoms with Gasteiger partial charge in [-0.05, 0) is 122 Å². The molecule has 0 aromatic heterocycles. The van der Waals surface area contributed by atoms with Gasteiger partial charge >= 0.3 is 11.9 Å². The molecule has 0 aliphatic carbocycles. The van der Waals surface area contributed by atoms with Gasteiger partial charge in [0.25, 0.3) is 0 Å². The summed E-state index contributed by atoms with van der Waals surface area (Å²) < 4.78 is 22.5. The summed E-state index contributed by atoms with van der Waals surface area (Å²) in [6.45, 7) is 4.40. The zero-order chi connectivity index (χ0) is 53.4. The van der Waals surface area contributed by atoms with E-state index in [2.05, 4.69) is 172 Å². The first-order valence-electron chi connectivity index (χ1n) is 27.6. The molecule has 0 radical (unpaired) electrons. The Kier molecular flexibility index (Phi) is 49.5. The Morgan fingerprint density at radius 3 is 1.10 bits per heavy atom. The molecule has 408 valence electrons. The Bertz CT molecular complexity index is 1750. The summed E-state index contributed by atoms with van der Waals surface area (Å²) >= 11 is 0. The first-order valence-corrected chi connectivity index (χ1v) is 27.6. The lowest BCUT2D eigenvalue weighted by Gasteiger charge is -2.26. The van der Waals surface area contributed by atoms with Gasteiger partial charge < -0.3 is 33.3 Å². The van der Waals surface area contributed by atoms with E-state index in [1.807, 2.05) is 21.1 Å². The van der Waals surface area contributed by atoms with E-state index in [-0.39, 0.29) is 32.7 Å². The molecule has 2 unspecified atom stereocenters. The monoisotopic (exact) mass is 1010 g/mol. The normalized spacial score (nSPS) is 14.0. The van der Waals surface area contributed by atoms with E-state index in [1.165, 1.54) is 0 Å². The topological polar surface area (TPSA) is 111 Å². The second-order valence-electron chi connectivity index (χ2n) is 18.8. The summed E-state index contributed by atoms with van der Waals surface area (Å²) in [7, 11) is 5.88. The summed E-state index contributed by atoms with van der Waals surface area (Å²) in [6.07, 6.45) is 75.9. The lowest BCUT2D eigenvalue weighted by atomic mass is 10.1. The summed E-state index contributed by atoms with van der Waals surface area (Å²) in [5.74, 6) is -2.38. The van der Waals surface area contributed by atoms with Crippen molar-refractivity contribution in [2.75, 3.05) is 47.5 Å². The standard InChI is InChI=1S/C64H99NO8/c1-6-8-10-12-14-16-18-20-21-22-23-24-25-26-27-28-29-30-31-32-33-34-35-36-37-38-39-40-41-43-45-47-49-51-53-55-62(67)73-60(59-72-64(63(68)69)70-57-56-65(3,4)5)58-71-61(66)54-52-50-48-46-44-42-19-17-15-13-11-9-7-2/h8-11,14-17,20-21,23-24,26-27,29-30,32-33,35-36,38-39,41-44,60,64H,6-7,12-13,18-19,22,25,28,31,34,37,40,45-59H2,1-5H3/b10-8-,11-9-,16-14-,17-15-,21-20-,24-23-,27-26-,30-29-,33-32-,36-35-,39-38-,43-41-,44-42-. The van der Waals surface area contributed by atoms with Gasteiger partial charge in [-0.15, -0.1) is 0 Å². The lowest BCUT2D eigenvalue weighted by molar-refractivity contribution is -0.870. The number of likely N-dealkylation sites (N-methyl/N-ethyl adjacent to an activating group) is 1. The van der Waals surface area contributed by atoms with Gasteiger partial charge in [0.1, 0.15) is 13.2 Å². The first-order chi connectivity index (χ1) is 35.6. The van der Waals surface area contributed by atoms with Crippen LogP contribution in [0.15, 0.2) is 158 Å². The molecule has 0 heterocycles. The summed E-state index contributed by atoms with van der Waals surface area (Å²) in [5, 5.41) is 11.7. The molecule has 0 aromatic carbocycles. The van der Waals surface area contributed by atoms with Crippen molar-refractivity contribution in [1.82, 2.24) is 0 Å². The molecule has 0 aliphatic heterocycles. The number of rotatable bonds is 48. The second kappa shape index (κ2) is 53.2. The van der Waals surface area contributed by atoms with Crippen molar-refractivity contribution >= 4 is 17.9 Å². The van der Waals surface area contributed by atoms with Gasteiger partial charge in [0.2, 0.25) is 0 Å². The molecule has 0 aromatic rings. The van der Waals surface area contributed by atoms with E-state index < -0.39 is 30.3 Å². The third-order valence-corrected chi connectivity index (χ3v) is 10.8. The van der Waals surface area contributed by atoms with Crippen LogP contribution in [-0.2, 0) is 33.3 Å². The van der Waals surface area contributed by atoms with Crippen LogP contribution in [0.5, 0.6) is 0 Å². The number of ether oxygens (including phenoxy) is 4. The summed E-state index contributed by atoms with van der Waals surface area (Å²) in [4.78, 5) is 37.1. The highest BCUT2D eigenvalue weighted by Crippen LogP contribution is 2.11. The number of aliphatic carboxylic acids is 1. The van der Waals surface area contributed by atoms with Gasteiger partial charge in [-0.1, -0.05) is 191 Å². The number of hydrogen-bond donors (Lipinski definition) is 0. The molecular weight excluding hydrogens is 911 g/mol. The number of quaternary nitrogens is 1. The van der Waals surface area contributed by atoms with E-state index in [1.54, 1.807) is 0 Å². The van der Waals surface area contributed by atoms with Crippen molar-refractivity contribution < 1.29 is 42.9 Å². The zero-order valence-corrected chi connectivity index (χ0v) is 46.2. The van der Waals surface area contributed by atoms with Crippen LogP contribution in [0.25, 0.3) is 0 Å². The average Bonchev–Trinajstić information content (AvgIpc) is 3.36. The fraction of sp³-hybridized carbons (Fsp3) is 0.547. The lowest BCUT2D eigenvalue weighted by Crippen LogP contribution is -2.44. The molecule has 2 atom stereocenters. The number of carboxylic acids is 1. The van der Waals surface area contributed by atoms with Crippen molar-refractivity contribution in [3.8, 4) is 0 Å². The third kappa shape index (κ3) is 54.5. The Morgan fingerprint density at radius 2 is 0.740 bits per heavy atom. The Hall–Kier alpha value is -5.09. The average molecular weight is 1010 g/mol. The molecule has 0 bridgehead atoms. The van der Waals surface area contributed by atoms with Gasteiger partial charge in [0, 0.05) is 12.8 Å². The van der Waals surface area contributed by atoms with E-state index >= 15 is 0 Å². The van der Waals surface area contributed by atoms with Crippen molar-refractivity contribution in [3.63, 3.8) is 0 Å². The number of esters is 2. The Balaban J connectivity index is 4.34. The fourth-order valence-corrected chi connectivity index (χ4v) is 6.58. The SMILES string of the molecule is CC/C=C\C/C=C\C/C=C\C/C=C\C/C=C\C/C=C\C/C=C\C/C=C\C/C=C\C/C=C\CCCCCCC(=O)OC(COC(=O)CCCCC/C=C\C/C=C\C/C=C\CC)COC(OCC[N+](C)(C)C)C(=O)[O-]. The minimum Gasteiger partial charge on any atom is -0.545 e. The van der Waals surface area contributed by atoms with E-state index in [9.17, 15) is 19.5 Å². The van der Waals surface area contributed by atoms with E-state index in [0.717, 1.165) is 128 Å². The molecule has 0 fully saturated rings. The number of unbranched alkanes of at least 4 members (excludes halogenated alkanes) is 7. The molecule has 9 nitrogen and oxygen atoms in total. The number of carbonyl (C=O) groups is 3. The third-order valence-electron chi connectivity index (χ3n) is 10.8. The molecule has 0 N–H and O–H groups in total. The maximum Gasteiger partial charge on any atom is 0.306 e. The van der Waals surface area contributed by atoms with Gasteiger partial charge in [-0.25, -0.2) is 0 Å². The highest BCUT2D eigenvalue weighted by molar-refractivity contribution is 5.70. The minimum absolute atomic E-state index is 0.128. The molecule has 0 spiro atoms. The minimum atomic E-state index is -1.65. The van der Waals surface area contributed by atoms with Crippen molar-refractivity contribution in [3.05, 3.63) is 158 Å². The molecule has 0 saturated carbocycles. The van der Waals surface area contributed by atoms with Crippen molar-refractivity contribution in [2.45, 2.75) is 180 Å². The van der Waals surface area contributed by atoms with Crippen LogP contribution in [0.2, 0.25) is 0 Å². The van der Waals surface area contributed by atoms with Crippen LogP contribution in [0.1, 0.15) is 168 Å². The Morgan fingerprint density at radius 1 is 0.411 bits per heavy atom. The predicted octanol–water partition coefficient (Wildman–Crippen LogP) is 14.9. The number of allylic oxidation sites excluding steroid dienone is 26. The van der Waals surface area contributed by atoms with Crippen LogP contribution >= 0.6 is 0 Å². The zero-order valence-electron chi connectivity index (χ0n) is 46.2. The number of carboxylic acid groups (broad SMARTS) is 1. The highest BCUT2D eigenvalue weighted by Gasteiger charge is 2.21. The predicted molar refractivity (Wildman–Crippen MR) is 305 cm³/mol. The maximum absolute atomic E-state index is 12.8. The van der Waals surface area contributed by atoms with Gasteiger partial charge in [0.15, 0.2) is 12.4 Å². The maximum atomic E-state index is 12.8. The van der Waals surface area contributed by atoms with Crippen LogP contribution < -0.4 is 5.11 Å². The summed E-state index contributed by atoms with van der Waals surface area (Å²) in [6, 6.07) is 0. The molecule has 73 heavy (non-hydrogen) atoms. The first kappa shape index (κ1) is 67.9. The number of hydrogen-bond acceptors (Lipinski definition) is 8. The van der Waals surface area contributed by atoms with Gasteiger partial charge in [0.05, 0.1) is 40.3 Å². The second-order valence-corrected chi connectivity index (χ2v) is 18.8. The van der Waals surface area contributed by atoms with E-state index in [4.69, 9.17) is 18.9 Å². The molecule has 0 saturated heterocycles. The molecule has 0 aliphatic rings. The molecule has 0 amide bonds. The molecule has 0 rings (SSSR count). The van der Waals surface area contributed by atoms with E-state index in [0.29, 0.717) is 23.9 Å². The van der Waals surface area contributed by atoms with Crippen LogP contribution in [0, 0.1) is 0 Å². The van der Waals surface area contributed by atoms with Crippen LogP contribution in [-0.4, -0.2) is 82.3 Å². The number of carbonyl (C=O) groups excluding carboxylic acids is 3.